The van der Waals surface area contributed by atoms with Crippen molar-refractivity contribution in [2.45, 2.75) is 10.8 Å². The Morgan fingerprint density at radius 3 is 2.75 bits per heavy atom. The number of thiocarbonyl (C=S) groups is 1. The van der Waals surface area contributed by atoms with Crippen LogP contribution >= 0.6 is 12.2 Å². The molecule has 1 aromatic rings. The molecule has 1 amide bonds. The van der Waals surface area contributed by atoms with E-state index in [0.29, 0.717) is 6.07 Å². The van der Waals surface area contributed by atoms with Gasteiger partial charge >= 0.3 is 6.09 Å². The van der Waals surface area contributed by atoms with Gasteiger partial charge in [-0.25, -0.2) is 26.7 Å². The number of sulfonamides is 1. The summed E-state index contributed by atoms with van der Waals surface area (Å²) in [5.74, 6) is -1.86. The zero-order valence-corrected chi connectivity index (χ0v) is 16.6. The third-order valence-corrected chi connectivity index (χ3v) is 6.35. The molecule has 1 heterocycles. The fourth-order valence-corrected chi connectivity index (χ4v) is 4.84. The van der Waals surface area contributed by atoms with Crippen LogP contribution in [0.25, 0.3) is 0 Å². The Kier molecular flexibility index (Phi) is 6.57. The molecule has 1 aromatic carbocycles. The molecule has 1 aliphatic rings. The first-order valence-electron chi connectivity index (χ1n) is 8.05. The standard InChI is InChI=1S/C16H20F2N4O4S2/c1-3-6-26-15(23)22-8-13(28(24,25)20-2)16(9-22,21-14(19)27)11-5-4-10(17)7-12(11)18/h3-5,7,13,20H,1,6,8-9H2,2H3,(H3,19,21,27)/t13-,16+/m1/s1. The molecule has 1 saturated heterocycles. The summed E-state index contributed by atoms with van der Waals surface area (Å²) in [7, 11) is -2.89. The number of likely N-dealkylation sites (tertiary alicyclic amines) is 1. The first-order valence-corrected chi connectivity index (χ1v) is 10.0. The van der Waals surface area contributed by atoms with Gasteiger partial charge in [-0.3, -0.25) is 0 Å². The van der Waals surface area contributed by atoms with E-state index in [1.165, 1.54) is 13.1 Å². The molecular formula is C16H20F2N4O4S2. The van der Waals surface area contributed by atoms with E-state index in [4.69, 9.17) is 22.7 Å². The number of ether oxygens (including phenoxy) is 1. The van der Waals surface area contributed by atoms with Crippen molar-refractivity contribution < 1.29 is 26.7 Å². The average molecular weight is 434 g/mol. The summed E-state index contributed by atoms with van der Waals surface area (Å²) in [5.41, 5.74) is 3.61. The number of halogens is 2. The Labute approximate surface area is 166 Å². The molecule has 0 unspecified atom stereocenters. The maximum absolute atomic E-state index is 14.7. The van der Waals surface area contributed by atoms with Crippen LogP contribution in [0.5, 0.6) is 0 Å². The maximum atomic E-state index is 14.7. The maximum Gasteiger partial charge on any atom is 0.410 e. The number of nitrogens with one attached hydrogen (secondary N) is 2. The zero-order chi connectivity index (χ0) is 21.1. The summed E-state index contributed by atoms with van der Waals surface area (Å²) < 4.78 is 60.6. The smallest absolute Gasteiger partial charge is 0.410 e. The van der Waals surface area contributed by atoms with E-state index in [0.717, 1.165) is 17.0 Å². The molecule has 2 atom stereocenters. The average Bonchev–Trinajstić information content (AvgIpc) is 2.99. The molecule has 0 bridgehead atoms. The van der Waals surface area contributed by atoms with E-state index in [1.807, 2.05) is 0 Å². The van der Waals surface area contributed by atoms with Crippen molar-refractivity contribution in [1.29, 1.82) is 0 Å². The van der Waals surface area contributed by atoms with Crippen molar-refractivity contribution in [3.63, 3.8) is 0 Å². The second-order valence-electron chi connectivity index (χ2n) is 6.07. The number of carbonyl (C=O) groups is 1. The van der Waals surface area contributed by atoms with Crippen LogP contribution in [0.2, 0.25) is 0 Å². The Balaban J connectivity index is 2.64. The number of carbonyl (C=O) groups excluding carboxylic acids is 1. The largest absolute Gasteiger partial charge is 0.445 e. The lowest BCUT2D eigenvalue weighted by atomic mass is 9.88. The first-order chi connectivity index (χ1) is 13.1. The van der Waals surface area contributed by atoms with Crippen LogP contribution in [0, 0.1) is 11.6 Å². The fraction of sp³-hybridized carbons (Fsp3) is 0.375. The van der Waals surface area contributed by atoms with Crippen LogP contribution in [-0.4, -0.2) is 56.5 Å². The Morgan fingerprint density at radius 1 is 1.54 bits per heavy atom. The predicted molar refractivity (Wildman–Crippen MR) is 103 cm³/mol. The van der Waals surface area contributed by atoms with Crippen molar-refractivity contribution in [1.82, 2.24) is 14.9 Å². The molecule has 0 radical (unpaired) electrons. The third kappa shape index (κ3) is 4.23. The van der Waals surface area contributed by atoms with Crippen LogP contribution in [0.1, 0.15) is 5.56 Å². The first kappa shape index (κ1) is 22.0. The molecule has 0 saturated carbocycles. The van der Waals surface area contributed by atoms with E-state index in [2.05, 4.69) is 16.6 Å². The van der Waals surface area contributed by atoms with E-state index in [-0.39, 0.29) is 30.4 Å². The summed E-state index contributed by atoms with van der Waals surface area (Å²) in [4.78, 5) is 13.4. The van der Waals surface area contributed by atoms with Gasteiger partial charge in [-0.1, -0.05) is 18.7 Å². The summed E-state index contributed by atoms with van der Waals surface area (Å²) in [6.07, 6.45) is 0.515. The van der Waals surface area contributed by atoms with Crippen molar-refractivity contribution >= 4 is 33.4 Å². The number of amides is 1. The SMILES string of the molecule is C=CCOC(=O)N1C[C@@H](S(=O)(=O)NC)[C@@](NC(N)=S)(c2ccc(F)cc2F)C1. The van der Waals surface area contributed by atoms with Crippen molar-refractivity contribution in [2.75, 3.05) is 26.7 Å². The number of hydrogen-bond acceptors (Lipinski definition) is 5. The normalized spacial score (nSPS) is 22.0. The summed E-state index contributed by atoms with van der Waals surface area (Å²) >= 11 is 4.87. The minimum absolute atomic E-state index is 0.0978. The van der Waals surface area contributed by atoms with E-state index < -0.39 is 38.5 Å². The molecule has 28 heavy (non-hydrogen) atoms. The Morgan fingerprint density at radius 2 is 2.21 bits per heavy atom. The van der Waals surface area contributed by atoms with Crippen LogP contribution in [-0.2, 0) is 20.3 Å². The van der Waals surface area contributed by atoms with E-state index in [1.54, 1.807) is 0 Å². The van der Waals surface area contributed by atoms with Gasteiger partial charge in [0.05, 0.1) is 6.54 Å². The van der Waals surface area contributed by atoms with Crippen molar-refractivity contribution in [3.05, 3.63) is 48.1 Å². The fourth-order valence-electron chi connectivity index (χ4n) is 3.21. The molecule has 12 heteroatoms. The molecule has 4 N–H and O–H groups in total. The molecule has 0 aliphatic carbocycles. The molecule has 1 fully saturated rings. The highest BCUT2D eigenvalue weighted by Crippen LogP contribution is 2.38. The van der Waals surface area contributed by atoms with Gasteiger partial charge in [-0.15, -0.1) is 0 Å². The van der Waals surface area contributed by atoms with E-state index in [9.17, 15) is 22.0 Å². The summed E-state index contributed by atoms with van der Waals surface area (Å²) in [5, 5.41) is 0.903. The summed E-state index contributed by atoms with van der Waals surface area (Å²) in [6.45, 7) is 2.65. The van der Waals surface area contributed by atoms with Gasteiger partial charge in [-0.2, -0.15) is 0 Å². The minimum Gasteiger partial charge on any atom is -0.445 e. The van der Waals surface area contributed by atoms with Crippen molar-refractivity contribution in [3.8, 4) is 0 Å². The highest BCUT2D eigenvalue weighted by molar-refractivity contribution is 7.90. The number of benzene rings is 1. The Bertz CT molecular complexity index is 897. The minimum atomic E-state index is -4.07. The lowest BCUT2D eigenvalue weighted by Crippen LogP contribution is -2.59. The summed E-state index contributed by atoms with van der Waals surface area (Å²) in [6, 6.07) is 2.68. The molecule has 8 nitrogen and oxygen atoms in total. The van der Waals surface area contributed by atoms with Crippen LogP contribution < -0.4 is 15.8 Å². The van der Waals surface area contributed by atoms with Gasteiger partial charge in [0.1, 0.15) is 29.0 Å². The molecule has 0 spiro atoms. The highest BCUT2D eigenvalue weighted by atomic mass is 32.2. The molecule has 2 rings (SSSR count). The lowest BCUT2D eigenvalue weighted by Gasteiger charge is -2.35. The molecule has 1 aliphatic heterocycles. The van der Waals surface area contributed by atoms with Gasteiger partial charge in [0.25, 0.3) is 0 Å². The Hall–Kier alpha value is -2.31. The van der Waals surface area contributed by atoms with Gasteiger partial charge < -0.3 is 20.7 Å². The van der Waals surface area contributed by atoms with Gasteiger partial charge in [0.15, 0.2) is 5.11 Å². The van der Waals surface area contributed by atoms with Crippen LogP contribution in [0.4, 0.5) is 13.6 Å². The van der Waals surface area contributed by atoms with Gasteiger partial charge in [0, 0.05) is 18.2 Å². The highest BCUT2D eigenvalue weighted by Gasteiger charge is 2.56. The van der Waals surface area contributed by atoms with Crippen LogP contribution in [0.3, 0.4) is 0 Å². The van der Waals surface area contributed by atoms with E-state index >= 15 is 0 Å². The lowest BCUT2D eigenvalue weighted by molar-refractivity contribution is 0.118. The topological polar surface area (TPSA) is 114 Å². The number of rotatable bonds is 6. The molecule has 0 aromatic heterocycles. The van der Waals surface area contributed by atoms with Gasteiger partial charge in [0.2, 0.25) is 10.0 Å². The third-order valence-electron chi connectivity index (χ3n) is 4.38. The van der Waals surface area contributed by atoms with Crippen molar-refractivity contribution in [2.24, 2.45) is 5.73 Å². The quantitative estimate of drug-likeness (QED) is 0.443. The zero-order valence-electron chi connectivity index (χ0n) is 14.9. The van der Waals surface area contributed by atoms with Crippen LogP contribution in [0.15, 0.2) is 30.9 Å². The predicted octanol–water partition coefficient (Wildman–Crippen LogP) is 0.549. The molecule has 154 valence electrons. The number of nitrogens with zero attached hydrogens (tertiary/aromatic N) is 1. The van der Waals surface area contributed by atoms with Gasteiger partial charge in [-0.05, 0) is 25.3 Å². The molecular weight excluding hydrogens is 414 g/mol. The second-order valence-corrected chi connectivity index (χ2v) is 8.58. The monoisotopic (exact) mass is 434 g/mol. The second kappa shape index (κ2) is 8.37. The number of nitrogens with two attached hydrogens (primary N) is 1. The number of hydrogen-bond donors (Lipinski definition) is 3.